The standard InChI is InChI=1S/C9H7F3Se/c10-9(11,12)13-7-6-8-4-2-1-3-5-8/h1-7H. The van der Waals surface area contributed by atoms with E-state index < -0.39 is 20.0 Å². The minimum absolute atomic E-state index is 0.800. The molecule has 0 radical (unpaired) electrons. The Morgan fingerprint density at radius 3 is 2.23 bits per heavy atom. The van der Waals surface area contributed by atoms with E-state index >= 15 is 0 Å². The summed E-state index contributed by atoms with van der Waals surface area (Å²) >= 11 is -1.41. The van der Waals surface area contributed by atoms with Gasteiger partial charge in [-0.25, -0.2) is 0 Å². The van der Waals surface area contributed by atoms with Crippen LogP contribution in [0.2, 0.25) is 0 Å². The van der Waals surface area contributed by atoms with Crippen LogP contribution >= 0.6 is 0 Å². The molecule has 0 saturated carbocycles. The van der Waals surface area contributed by atoms with E-state index in [0.29, 0.717) is 0 Å². The first-order valence-corrected chi connectivity index (χ1v) is 5.39. The Labute approximate surface area is 80.6 Å². The maximum atomic E-state index is 11.7. The average molecular weight is 251 g/mol. The zero-order valence-electron chi connectivity index (χ0n) is 6.58. The fourth-order valence-electron chi connectivity index (χ4n) is 0.754. The summed E-state index contributed by atoms with van der Waals surface area (Å²) in [5.41, 5.74) is 0.800. The molecule has 0 amide bonds. The van der Waals surface area contributed by atoms with E-state index in [9.17, 15) is 13.2 Å². The van der Waals surface area contributed by atoms with Crippen molar-refractivity contribution in [2.45, 2.75) is 5.07 Å². The zero-order valence-corrected chi connectivity index (χ0v) is 8.30. The Morgan fingerprint density at radius 1 is 1.08 bits per heavy atom. The van der Waals surface area contributed by atoms with Gasteiger partial charge in [-0.1, -0.05) is 0 Å². The van der Waals surface area contributed by atoms with Gasteiger partial charge in [0.1, 0.15) is 0 Å². The van der Waals surface area contributed by atoms with Crippen molar-refractivity contribution in [3.63, 3.8) is 0 Å². The molecule has 0 unspecified atom stereocenters. The van der Waals surface area contributed by atoms with Gasteiger partial charge in [-0.15, -0.1) is 0 Å². The Kier molecular flexibility index (Phi) is 3.58. The molecule has 0 aliphatic carbocycles. The van der Waals surface area contributed by atoms with Crippen molar-refractivity contribution in [2.75, 3.05) is 0 Å². The van der Waals surface area contributed by atoms with Crippen molar-refractivity contribution in [2.24, 2.45) is 0 Å². The molecule has 70 valence electrons. The molecule has 0 atom stereocenters. The van der Waals surface area contributed by atoms with Crippen LogP contribution in [0.3, 0.4) is 0 Å². The van der Waals surface area contributed by atoms with Crippen LogP contribution in [0.1, 0.15) is 5.56 Å². The van der Waals surface area contributed by atoms with Gasteiger partial charge in [-0.05, 0) is 0 Å². The first kappa shape index (κ1) is 10.4. The van der Waals surface area contributed by atoms with E-state index in [4.69, 9.17) is 0 Å². The van der Waals surface area contributed by atoms with Crippen LogP contribution in [0.15, 0.2) is 35.3 Å². The van der Waals surface area contributed by atoms with E-state index in [0.717, 1.165) is 5.56 Å². The third kappa shape index (κ3) is 4.76. The van der Waals surface area contributed by atoms with E-state index in [2.05, 4.69) is 0 Å². The topological polar surface area (TPSA) is 0 Å². The van der Waals surface area contributed by atoms with Crippen LogP contribution in [0.5, 0.6) is 0 Å². The predicted octanol–water partition coefficient (Wildman–Crippen LogP) is 2.88. The molecule has 1 aromatic carbocycles. The van der Waals surface area contributed by atoms with Gasteiger partial charge in [-0.2, -0.15) is 0 Å². The molecule has 0 aliphatic rings. The molecule has 0 bridgehead atoms. The summed E-state index contributed by atoms with van der Waals surface area (Å²) in [4.78, 5) is 1.18. The molecule has 1 aromatic rings. The van der Waals surface area contributed by atoms with Crippen molar-refractivity contribution < 1.29 is 13.2 Å². The van der Waals surface area contributed by atoms with Crippen molar-refractivity contribution in [3.8, 4) is 0 Å². The Balaban J connectivity index is 2.51. The second-order valence-electron chi connectivity index (χ2n) is 2.28. The molecular formula is C9H7F3Se. The Morgan fingerprint density at radius 2 is 1.69 bits per heavy atom. The first-order chi connectivity index (χ1) is 6.08. The SMILES string of the molecule is FC(F)(F)[Se]C=Cc1ccccc1. The number of hydrogen-bond acceptors (Lipinski definition) is 0. The van der Waals surface area contributed by atoms with Crippen LogP contribution in [-0.4, -0.2) is 20.0 Å². The van der Waals surface area contributed by atoms with Crippen molar-refractivity contribution in [1.82, 2.24) is 0 Å². The van der Waals surface area contributed by atoms with Crippen LogP contribution in [0, 0.1) is 0 Å². The maximum absolute atomic E-state index is 11.7. The summed E-state index contributed by atoms with van der Waals surface area (Å²) in [5, 5.41) is -4.04. The molecule has 0 fully saturated rings. The molecule has 1 rings (SSSR count). The molecule has 0 heterocycles. The second kappa shape index (κ2) is 4.49. The normalized spacial score (nSPS) is 12.2. The van der Waals surface area contributed by atoms with Crippen molar-refractivity contribution in [3.05, 3.63) is 40.9 Å². The fourth-order valence-corrected chi connectivity index (χ4v) is 1.55. The van der Waals surface area contributed by atoms with Gasteiger partial charge < -0.3 is 0 Å². The predicted molar refractivity (Wildman–Crippen MR) is 47.3 cm³/mol. The van der Waals surface area contributed by atoms with Crippen molar-refractivity contribution in [1.29, 1.82) is 0 Å². The molecule has 0 saturated heterocycles. The molecule has 4 heteroatoms. The molecule has 0 spiro atoms. The third-order valence-electron chi connectivity index (χ3n) is 1.26. The minimum atomic E-state index is -4.04. The summed E-state index contributed by atoms with van der Waals surface area (Å²) in [6.07, 6.45) is 1.49. The average Bonchev–Trinajstić information content (AvgIpc) is 2.04. The third-order valence-corrected chi connectivity index (χ3v) is 2.39. The second-order valence-corrected chi connectivity index (χ2v) is 4.31. The molecule has 0 aromatic heterocycles. The van der Waals surface area contributed by atoms with Crippen LogP contribution < -0.4 is 0 Å². The molecule has 0 aliphatic heterocycles. The van der Waals surface area contributed by atoms with Gasteiger partial charge in [-0.3, -0.25) is 0 Å². The summed E-state index contributed by atoms with van der Waals surface area (Å²) in [5.74, 6) is 0. The summed E-state index contributed by atoms with van der Waals surface area (Å²) in [6.45, 7) is 0. The van der Waals surface area contributed by atoms with E-state index in [1.165, 1.54) is 11.1 Å². The van der Waals surface area contributed by atoms with Gasteiger partial charge in [0.2, 0.25) is 0 Å². The van der Waals surface area contributed by atoms with Crippen LogP contribution in [0.25, 0.3) is 6.08 Å². The molecule has 13 heavy (non-hydrogen) atoms. The quantitative estimate of drug-likeness (QED) is 0.709. The van der Waals surface area contributed by atoms with Crippen LogP contribution in [0.4, 0.5) is 13.2 Å². The van der Waals surface area contributed by atoms with Gasteiger partial charge in [0.05, 0.1) is 0 Å². The van der Waals surface area contributed by atoms with Gasteiger partial charge >= 0.3 is 80.1 Å². The number of rotatable bonds is 2. The zero-order chi connectivity index (χ0) is 9.73. The number of benzene rings is 1. The van der Waals surface area contributed by atoms with E-state index in [-0.39, 0.29) is 0 Å². The molecular weight excluding hydrogens is 244 g/mol. The summed E-state index contributed by atoms with van der Waals surface area (Å²) in [6, 6.07) is 8.94. The van der Waals surface area contributed by atoms with Crippen molar-refractivity contribution >= 4 is 21.0 Å². The number of hydrogen-bond donors (Lipinski definition) is 0. The van der Waals surface area contributed by atoms with Gasteiger partial charge in [0.15, 0.2) is 0 Å². The molecule has 0 nitrogen and oxygen atoms in total. The Hall–Kier alpha value is -0.731. The number of alkyl halides is 3. The fraction of sp³-hybridized carbons (Fsp3) is 0.111. The monoisotopic (exact) mass is 252 g/mol. The summed E-state index contributed by atoms with van der Waals surface area (Å²) in [7, 11) is 0. The van der Waals surface area contributed by atoms with E-state index in [1.807, 2.05) is 6.07 Å². The number of halogens is 3. The summed E-state index contributed by atoms with van der Waals surface area (Å²) < 4.78 is 35.2. The molecule has 0 N–H and O–H groups in total. The van der Waals surface area contributed by atoms with Gasteiger partial charge in [0, 0.05) is 0 Å². The first-order valence-electron chi connectivity index (χ1n) is 3.54. The Bertz CT molecular complexity index is 277. The van der Waals surface area contributed by atoms with E-state index in [1.54, 1.807) is 24.3 Å². The van der Waals surface area contributed by atoms with Crippen LogP contribution in [-0.2, 0) is 0 Å². The van der Waals surface area contributed by atoms with Gasteiger partial charge in [0.25, 0.3) is 0 Å².